The van der Waals surface area contributed by atoms with Crippen LogP contribution in [0.15, 0.2) is 24.3 Å². The highest BCUT2D eigenvalue weighted by atomic mass is 35.5. The summed E-state index contributed by atoms with van der Waals surface area (Å²) in [7, 11) is 0. The highest BCUT2D eigenvalue weighted by Crippen LogP contribution is 2.28. The molecule has 1 aromatic heterocycles. The number of rotatable bonds is 3. The number of thiophene rings is 1. The second kappa shape index (κ2) is 5.25. The van der Waals surface area contributed by atoms with Crippen molar-refractivity contribution in [1.82, 2.24) is 0 Å². The minimum Gasteiger partial charge on any atom is -0.293 e. The zero-order chi connectivity index (χ0) is 13.3. The molecule has 0 aliphatic rings. The molecule has 0 aliphatic carbocycles. The number of Topliss-reactive ketones (excluding diaryl/α,β-unsaturated/α-hetero) is 1. The molecule has 0 atom stereocenters. The monoisotopic (exact) mass is 278 g/mol. The molecule has 94 valence electrons. The molecule has 0 amide bonds. The summed E-state index contributed by atoms with van der Waals surface area (Å²) in [5.41, 5.74) is 4.42. The number of benzene rings is 1. The first-order valence-electron chi connectivity index (χ1n) is 5.82. The lowest BCUT2D eigenvalue weighted by Crippen LogP contribution is -2.03. The summed E-state index contributed by atoms with van der Waals surface area (Å²) >= 11 is 7.37. The lowest BCUT2D eigenvalue weighted by Gasteiger charge is -2.05. The summed E-state index contributed by atoms with van der Waals surface area (Å²) in [6.07, 6.45) is 0.448. The Morgan fingerprint density at radius 2 is 1.89 bits per heavy atom. The fraction of sp³-hybridized carbons (Fsp3) is 0.267. The Kier molecular flexibility index (Phi) is 3.88. The van der Waals surface area contributed by atoms with Crippen LogP contribution in [0.1, 0.15) is 31.9 Å². The van der Waals surface area contributed by atoms with Gasteiger partial charge >= 0.3 is 0 Å². The Morgan fingerprint density at radius 1 is 1.17 bits per heavy atom. The second-order valence-electron chi connectivity index (χ2n) is 4.60. The van der Waals surface area contributed by atoms with E-state index in [0.29, 0.717) is 10.8 Å². The Labute approximate surface area is 116 Å². The van der Waals surface area contributed by atoms with Gasteiger partial charge in [-0.1, -0.05) is 35.4 Å². The summed E-state index contributed by atoms with van der Waals surface area (Å²) in [5.74, 6) is 0.142. The lowest BCUT2D eigenvalue weighted by atomic mass is 10.0. The highest BCUT2D eigenvalue weighted by molar-refractivity contribution is 7.18. The van der Waals surface area contributed by atoms with Crippen LogP contribution >= 0.6 is 22.9 Å². The van der Waals surface area contributed by atoms with Gasteiger partial charge in [-0.25, -0.2) is 0 Å². The van der Waals surface area contributed by atoms with Crippen molar-refractivity contribution in [1.29, 1.82) is 0 Å². The topological polar surface area (TPSA) is 17.1 Å². The molecule has 2 rings (SSSR count). The molecule has 0 fully saturated rings. The Hall–Kier alpha value is -1.12. The first kappa shape index (κ1) is 13.3. The lowest BCUT2D eigenvalue weighted by molar-refractivity contribution is 0.0996. The van der Waals surface area contributed by atoms with Crippen LogP contribution in [0.5, 0.6) is 0 Å². The average molecular weight is 279 g/mol. The molecule has 0 N–H and O–H groups in total. The largest absolute Gasteiger partial charge is 0.293 e. The number of hydrogen-bond donors (Lipinski definition) is 0. The third kappa shape index (κ3) is 2.82. The van der Waals surface area contributed by atoms with Crippen LogP contribution in [-0.4, -0.2) is 5.78 Å². The Morgan fingerprint density at radius 3 is 2.50 bits per heavy atom. The van der Waals surface area contributed by atoms with Gasteiger partial charge in [0.25, 0.3) is 0 Å². The molecular weight excluding hydrogens is 264 g/mol. The van der Waals surface area contributed by atoms with E-state index >= 15 is 0 Å². The van der Waals surface area contributed by atoms with Gasteiger partial charge in [0.2, 0.25) is 0 Å². The van der Waals surface area contributed by atoms with Crippen molar-refractivity contribution in [2.75, 3.05) is 0 Å². The van der Waals surface area contributed by atoms with Crippen LogP contribution in [0.2, 0.25) is 4.34 Å². The van der Waals surface area contributed by atoms with E-state index < -0.39 is 0 Å². The van der Waals surface area contributed by atoms with E-state index in [9.17, 15) is 4.79 Å². The van der Waals surface area contributed by atoms with Crippen LogP contribution in [0.3, 0.4) is 0 Å². The number of aryl methyl sites for hydroxylation is 3. The normalized spacial score (nSPS) is 10.7. The zero-order valence-corrected chi connectivity index (χ0v) is 12.3. The molecule has 1 aromatic carbocycles. The standard InChI is InChI=1S/C15H15ClOS/c1-9-4-5-10(2)12(6-9)8-13(17)14-7-11(3)15(16)18-14/h4-7H,8H2,1-3H3. The van der Waals surface area contributed by atoms with Crippen molar-refractivity contribution in [2.45, 2.75) is 27.2 Å². The quantitative estimate of drug-likeness (QED) is 0.740. The molecule has 0 aliphatic heterocycles. The molecule has 1 heterocycles. The highest BCUT2D eigenvalue weighted by Gasteiger charge is 2.13. The minimum absolute atomic E-state index is 0.142. The second-order valence-corrected chi connectivity index (χ2v) is 6.25. The number of carbonyl (C=O) groups is 1. The van der Waals surface area contributed by atoms with Gasteiger partial charge in [0.05, 0.1) is 9.21 Å². The Balaban J connectivity index is 2.23. The SMILES string of the molecule is Cc1ccc(C)c(CC(=O)c2cc(C)c(Cl)s2)c1. The molecule has 1 nitrogen and oxygen atoms in total. The van der Waals surface area contributed by atoms with Crippen LogP contribution in [0.25, 0.3) is 0 Å². The van der Waals surface area contributed by atoms with Gasteiger partial charge in [-0.2, -0.15) is 0 Å². The predicted octanol–water partition coefficient (Wildman–Crippen LogP) is 4.75. The van der Waals surface area contributed by atoms with Gasteiger partial charge in [0.15, 0.2) is 5.78 Å². The van der Waals surface area contributed by atoms with Crippen LogP contribution in [0.4, 0.5) is 0 Å². The van der Waals surface area contributed by atoms with Crippen molar-refractivity contribution >= 4 is 28.7 Å². The summed E-state index contributed by atoms with van der Waals surface area (Å²) in [5, 5.41) is 0. The Bertz CT molecular complexity index is 579. The molecule has 0 bridgehead atoms. The van der Waals surface area contributed by atoms with E-state index in [4.69, 9.17) is 11.6 Å². The average Bonchev–Trinajstić information content (AvgIpc) is 2.64. The van der Waals surface area contributed by atoms with Crippen molar-refractivity contribution in [3.05, 3.63) is 55.7 Å². The molecule has 0 unspecified atom stereocenters. The number of hydrogen-bond acceptors (Lipinski definition) is 2. The number of ketones is 1. The van der Waals surface area contributed by atoms with E-state index in [-0.39, 0.29) is 5.78 Å². The number of halogens is 1. The number of carbonyl (C=O) groups excluding carboxylic acids is 1. The molecule has 18 heavy (non-hydrogen) atoms. The van der Waals surface area contributed by atoms with E-state index in [1.165, 1.54) is 16.9 Å². The fourth-order valence-electron chi connectivity index (χ4n) is 1.85. The molecule has 0 spiro atoms. The van der Waals surface area contributed by atoms with Crippen molar-refractivity contribution in [2.24, 2.45) is 0 Å². The summed E-state index contributed by atoms with van der Waals surface area (Å²) < 4.78 is 0.708. The maximum absolute atomic E-state index is 12.2. The zero-order valence-electron chi connectivity index (χ0n) is 10.7. The molecule has 0 radical (unpaired) electrons. The third-order valence-corrected chi connectivity index (χ3v) is 4.58. The smallest absolute Gasteiger partial charge is 0.177 e. The maximum atomic E-state index is 12.2. The first-order chi connectivity index (χ1) is 8.47. The molecular formula is C15H15ClOS. The predicted molar refractivity (Wildman–Crippen MR) is 78.0 cm³/mol. The van der Waals surface area contributed by atoms with E-state index in [1.54, 1.807) is 0 Å². The van der Waals surface area contributed by atoms with Crippen LogP contribution in [0, 0.1) is 20.8 Å². The first-order valence-corrected chi connectivity index (χ1v) is 7.02. The van der Waals surface area contributed by atoms with Gasteiger partial charge in [0.1, 0.15) is 0 Å². The summed E-state index contributed by atoms with van der Waals surface area (Å²) in [6, 6.07) is 8.08. The van der Waals surface area contributed by atoms with Gasteiger partial charge in [-0.05, 0) is 43.5 Å². The third-order valence-electron chi connectivity index (χ3n) is 2.99. The minimum atomic E-state index is 0.142. The molecule has 0 saturated carbocycles. The fourth-order valence-corrected chi connectivity index (χ4v) is 2.99. The van der Waals surface area contributed by atoms with Gasteiger partial charge < -0.3 is 0 Å². The van der Waals surface area contributed by atoms with Gasteiger partial charge in [0, 0.05) is 6.42 Å². The summed E-state index contributed by atoms with van der Waals surface area (Å²) in [6.45, 7) is 6.00. The van der Waals surface area contributed by atoms with E-state index in [0.717, 1.165) is 21.6 Å². The summed E-state index contributed by atoms with van der Waals surface area (Å²) in [4.78, 5) is 12.9. The van der Waals surface area contributed by atoms with E-state index in [1.807, 2.05) is 26.8 Å². The van der Waals surface area contributed by atoms with Gasteiger partial charge in [-0.3, -0.25) is 4.79 Å². The molecule has 3 heteroatoms. The van der Waals surface area contributed by atoms with Crippen molar-refractivity contribution in [3.8, 4) is 0 Å². The molecule has 2 aromatic rings. The maximum Gasteiger partial charge on any atom is 0.177 e. The van der Waals surface area contributed by atoms with E-state index in [2.05, 4.69) is 18.2 Å². The van der Waals surface area contributed by atoms with Gasteiger partial charge in [-0.15, -0.1) is 11.3 Å². The van der Waals surface area contributed by atoms with Crippen molar-refractivity contribution < 1.29 is 4.79 Å². The van der Waals surface area contributed by atoms with Crippen molar-refractivity contribution in [3.63, 3.8) is 0 Å². The molecule has 0 saturated heterocycles. The van der Waals surface area contributed by atoms with Crippen LogP contribution in [-0.2, 0) is 6.42 Å². The van der Waals surface area contributed by atoms with Crippen LogP contribution < -0.4 is 0 Å².